The largest absolute Gasteiger partial charge is 0.346 e. The molecule has 0 atom stereocenters. The predicted octanol–water partition coefficient (Wildman–Crippen LogP) is 3.90. The van der Waals surface area contributed by atoms with Gasteiger partial charge in [0.15, 0.2) is 0 Å². The highest BCUT2D eigenvalue weighted by atomic mass is 32.2. The number of carbonyl (C=O) groups is 1. The molecule has 1 aliphatic heterocycles. The second kappa shape index (κ2) is 9.69. The summed E-state index contributed by atoms with van der Waals surface area (Å²) in [4.78, 5) is 14.5. The predicted molar refractivity (Wildman–Crippen MR) is 122 cm³/mol. The van der Waals surface area contributed by atoms with Gasteiger partial charge in [0.05, 0.1) is 5.75 Å². The van der Waals surface area contributed by atoms with Crippen LogP contribution in [0.1, 0.15) is 74.9 Å². The summed E-state index contributed by atoms with van der Waals surface area (Å²) in [6, 6.07) is 2.76. The maximum Gasteiger partial charge on any atom is 0.246 e. The van der Waals surface area contributed by atoms with Gasteiger partial charge in [-0.05, 0) is 64.2 Å². The van der Waals surface area contributed by atoms with Crippen LogP contribution in [-0.2, 0) is 14.8 Å². The van der Waals surface area contributed by atoms with Crippen molar-refractivity contribution in [2.24, 2.45) is 0 Å². The van der Waals surface area contributed by atoms with Crippen molar-refractivity contribution in [2.45, 2.75) is 77.8 Å². The highest BCUT2D eigenvalue weighted by molar-refractivity contribution is 7.89. The first-order chi connectivity index (χ1) is 14.2. The zero-order chi connectivity index (χ0) is 21.9. The molecule has 30 heavy (non-hydrogen) atoms. The molecule has 3 rings (SSSR count). The van der Waals surface area contributed by atoms with E-state index < -0.39 is 10.0 Å². The third-order valence-electron chi connectivity index (χ3n) is 6.96. The Kier molecular flexibility index (Phi) is 7.45. The van der Waals surface area contributed by atoms with Gasteiger partial charge in [0.25, 0.3) is 0 Å². The van der Waals surface area contributed by atoms with Crippen molar-refractivity contribution >= 4 is 22.0 Å². The van der Waals surface area contributed by atoms with E-state index in [-0.39, 0.29) is 17.7 Å². The fraction of sp³-hybridized carbons (Fsp3) is 0.696. The van der Waals surface area contributed by atoms with E-state index in [9.17, 15) is 13.2 Å². The van der Waals surface area contributed by atoms with Crippen molar-refractivity contribution in [3.63, 3.8) is 0 Å². The number of hydrogen-bond donors (Lipinski definition) is 0. The van der Waals surface area contributed by atoms with Crippen LogP contribution in [0, 0.1) is 13.8 Å². The first-order valence-corrected chi connectivity index (χ1v) is 13.0. The summed E-state index contributed by atoms with van der Waals surface area (Å²) in [6.07, 6.45) is 11.4. The molecule has 0 aromatic carbocycles. The topological polar surface area (TPSA) is 62.6 Å². The number of aromatic nitrogens is 1. The summed E-state index contributed by atoms with van der Waals surface area (Å²) in [7, 11) is -1.53. The van der Waals surface area contributed by atoms with Crippen LogP contribution in [0.5, 0.6) is 0 Å². The minimum absolute atomic E-state index is 0.0110. The van der Waals surface area contributed by atoms with Gasteiger partial charge in [0, 0.05) is 49.7 Å². The fourth-order valence-electron chi connectivity index (χ4n) is 5.02. The van der Waals surface area contributed by atoms with Crippen LogP contribution in [0.15, 0.2) is 12.1 Å². The highest BCUT2D eigenvalue weighted by Crippen LogP contribution is 2.32. The number of aryl methyl sites for hydroxylation is 1. The third-order valence-corrected chi connectivity index (χ3v) is 8.87. The van der Waals surface area contributed by atoms with Gasteiger partial charge >= 0.3 is 0 Å². The Bertz CT molecular complexity index is 874. The molecular formula is C23H37N3O3S. The summed E-state index contributed by atoms with van der Waals surface area (Å²) in [6.45, 7) is 7.17. The monoisotopic (exact) mass is 435 g/mol. The molecule has 1 aliphatic carbocycles. The Morgan fingerprint density at radius 2 is 1.77 bits per heavy atom. The van der Waals surface area contributed by atoms with Crippen molar-refractivity contribution < 1.29 is 13.2 Å². The zero-order valence-corrected chi connectivity index (χ0v) is 19.7. The van der Waals surface area contributed by atoms with Gasteiger partial charge in [-0.25, -0.2) is 12.7 Å². The second-order valence-electron chi connectivity index (χ2n) is 8.79. The summed E-state index contributed by atoms with van der Waals surface area (Å²) >= 11 is 0. The highest BCUT2D eigenvalue weighted by Gasteiger charge is 2.29. The number of hydrogen-bond acceptors (Lipinski definition) is 3. The Morgan fingerprint density at radius 3 is 2.37 bits per heavy atom. The van der Waals surface area contributed by atoms with Gasteiger partial charge < -0.3 is 9.47 Å². The van der Waals surface area contributed by atoms with E-state index in [1.165, 1.54) is 47.8 Å². The van der Waals surface area contributed by atoms with Crippen LogP contribution < -0.4 is 0 Å². The summed E-state index contributed by atoms with van der Waals surface area (Å²) < 4.78 is 28.1. The van der Waals surface area contributed by atoms with Crippen molar-refractivity contribution in [1.82, 2.24) is 13.8 Å². The molecule has 0 bridgehead atoms. The molecule has 6 nitrogen and oxygen atoms in total. The van der Waals surface area contributed by atoms with E-state index in [1.807, 2.05) is 11.0 Å². The number of piperidine rings is 1. The molecular weight excluding hydrogens is 398 g/mol. The molecule has 7 heteroatoms. The molecule has 1 amide bonds. The SMILES string of the molecule is CCS(=O)(=O)N(C)C1CCN(C(=O)C=Cc2cc(C)n(C3CCCCC3)c2C)CC1. The summed E-state index contributed by atoms with van der Waals surface area (Å²) in [5, 5.41) is 0. The normalized spacial score (nSPS) is 19.8. The van der Waals surface area contributed by atoms with Gasteiger partial charge in [0.1, 0.15) is 0 Å². The number of rotatable bonds is 6. The van der Waals surface area contributed by atoms with Crippen LogP contribution in [0.2, 0.25) is 0 Å². The lowest BCUT2D eigenvalue weighted by Crippen LogP contribution is -2.47. The summed E-state index contributed by atoms with van der Waals surface area (Å²) in [5.74, 6) is 0.127. The minimum atomic E-state index is -3.18. The molecule has 1 saturated carbocycles. The Morgan fingerprint density at radius 1 is 1.13 bits per heavy atom. The lowest BCUT2D eigenvalue weighted by Gasteiger charge is -2.35. The molecule has 0 radical (unpaired) electrons. The van der Waals surface area contributed by atoms with Crippen LogP contribution in [0.4, 0.5) is 0 Å². The van der Waals surface area contributed by atoms with E-state index in [4.69, 9.17) is 0 Å². The smallest absolute Gasteiger partial charge is 0.246 e. The van der Waals surface area contributed by atoms with E-state index in [1.54, 1.807) is 20.0 Å². The fourth-order valence-corrected chi connectivity index (χ4v) is 6.09. The molecule has 0 spiro atoms. The van der Waals surface area contributed by atoms with Crippen LogP contribution in [0.25, 0.3) is 6.08 Å². The van der Waals surface area contributed by atoms with Gasteiger partial charge in [0.2, 0.25) is 15.9 Å². The lowest BCUT2D eigenvalue weighted by molar-refractivity contribution is -0.127. The molecule has 2 heterocycles. The Balaban J connectivity index is 1.61. The average Bonchev–Trinajstić information content (AvgIpc) is 3.05. The zero-order valence-electron chi connectivity index (χ0n) is 18.9. The lowest BCUT2D eigenvalue weighted by atomic mass is 9.95. The second-order valence-corrected chi connectivity index (χ2v) is 11.1. The molecule has 1 aromatic heterocycles. The van der Waals surface area contributed by atoms with Gasteiger partial charge in [-0.1, -0.05) is 19.3 Å². The molecule has 0 unspecified atom stereocenters. The molecule has 1 aromatic rings. The van der Waals surface area contributed by atoms with Crippen molar-refractivity contribution in [3.05, 3.63) is 29.1 Å². The van der Waals surface area contributed by atoms with E-state index in [2.05, 4.69) is 24.5 Å². The van der Waals surface area contributed by atoms with Gasteiger partial charge in [-0.3, -0.25) is 4.79 Å². The first-order valence-electron chi connectivity index (χ1n) is 11.4. The molecule has 2 fully saturated rings. The van der Waals surface area contributed by atoms with Crippen molar-refractivity contribution in [1.29, 1.82) is 0 Å². The maximum atomic E-state index is 12.7. The van der Waals surface area contributed by atoms with Crippen LogP contribution >= 0.6 is 0 Å². The number of nitrogens with zero attached hydrogens (tertiary/aromatic N) is 3. The Hall–Kier alpha value is -1.60. The van der Waals surface area contributed by atoms with Crippen molar-refractivity contribution in [2.75, 3.05) is 25.9 Å². The van der Waals surface area contributed by atoms with E-state index >= 15 is 0 Å². The van der Waals surface area contributed by atoms with E-state index in [0.717, 1.165) is 5.56 Å². The molecule has 0 N–H and O–H groups in total. The third kappa shape index (κ3) is 4.99. The number of likely N-dealkylation sites (tertiary alicyclic amines) is 1. The minimum Gasteiger partial charge on any atom is -0.346 e. The first kappa shape index (κ1) is 23.1. The van der Waals surface area contributed by atoms with Crippen LogP contribution in [0.3, 0.4) is 0 Å². The number of sulfonamides is 1. The van der Waals surface area contributed by atoms with Crippen molar-refractivity contribution in [3.8, 4) is 0 Å². The Labute approximate surface area is 182 Å². The summed E-state index contributed by atoms with van der Waals surface area (Å²) in [5.41, 5.74) is 3.64. The average molecular weight is 436 g/mol. The molecule has 168 valence electrons. The molecule has 2 aliphatic rings. The van der Waals surface area contributed by atoms with Gasteiger partial charge in [-0.15, -0.1) is 0 Å². The standard InChI is InChI=1S/C23H37N3O3S/c1-5-30(28,29)24(4)21-13-15-25(16-14-21)23(27)12-11-20-17-18(2)26(19(20)3)22-9-7-6-8-10-22/h11-12,17,21-22H,5-10,13-16H2,1-4H3. The van der Waals surface area contributed by atoms with Gasteiger partial charge in [-0.2, -0.15) is 0 Å². The quantitative estimate of drug-likeness (QED) is 0.637. The number of amides is 1. The van der Waals surface area contributed by atoms with Crippen LogP contribution in [-0.4, -0.2) is 60.0 Å². The van der Waals surface area contributed by atoms with E-state index in [0.29, 0.717) is 32.0 Å². The number of carbonyl (C=O) groups excluding carboxylic acids is 1. The molecule has 1 saturated heterocycles. The maximum absolute atomic E-state index is 12.7.